The van der Waals surface area contributed by atoms with E-state index in [2.05, 4.69) is 30.4 Å². The summed E-state index contributed by atoms with van der Waals surface area (Å²) in [5, 5.41) is 3.42. The maximum atomic E-state index is 6.28. The van der Waals surface area contributed by atoms with Crippen LogP contribution in [0, 0.1) is 6.92 Å². The fourth-order valence-electron chi connectivity index (χ4n) is 3.18. The Balaban J connectivity index is 1.84. The Hall–Kier alpha value is -3.14. The number of hydrogen-bond donors (Lipinski definition) is 2. The van der Waals surface area contributed by atoms with Gasteiger partial charge in [0.25, 0.3) is 0 Å². The van der Waals surface area contributed by atoms with Crippen molar-refractivity contribution in [3.05, 3.63) is 66.2 Å². The third-order valence-electron chi connectivity index (χ3n) is 4.44. The molecule has 4 nitrogen and oxygen atoms in total. The lowest BCUT2D eigenvalue weighted by molar-refractivity contribution is 0.242. The molecule has 0 amide bonds. The fourth-order valence-corrected chi connectivity index (χ4v) is 3.18. The third-order valence-corrected chi connectivity index (χ3v) is 4.44. The van der Waals surface area contributed by atoms with Crippen molar-refractivity contribution < 1.29 is 9.47 Å². The summed E-state index contributed by atoms with van der Waals surface area (Å²) in [6, 6.07) is 20.2. The van der Waals surface area contributed by atoms with Gasteiger partial charge in [0.2, 0.25) is 0 Å². The van der Waals surface area contributed by atoms with Gasteiger partial charge in [-0.25, -0.2) is 0 Å². The molecule has 3 rings (SSSR count). The number of rotatable bonds is 7. The molecule has 0 bridgehead atoms. The molecule has 0 radical (unpaired) electrons. The van der Waals surface area contributed by atoms with E-state index in [1.807, 2.05) is 70.2 Å². The SMILES string of the molecule is Cc1cc(N)c(Nc2ccc(OC(C)C)cc2)cc1-c1ccc(OC(C)C)cc1. The second-order valence-corrected chi connectivity index (χ2v) is 7.76. The Morgan fingerprint density at radius 3 is 1.79 bits per heavy atom. The summed E-state index contributed by atoms with van der Waals surface area (Å²) >= 11 is 0. The van der Waals surface area contributed by atoms with Gasteiger partial charge in [-0.05, 0) is 99.8 Å². The van der Waals surface area contributed by atoms with E-state index in [9.17, 15) is 0 Å². The van der Waals surface area contributed by atoms with Crippen LogP contribution in [0.5, 0.6) is 11.5 Å². The zero-order valence-corrected chi connectivity index (χ0v) is 17.8. The standard InChI is InChI=1S/C25H30N2O2/c1-16(2)28-21-10-6-19(7-11-21)23-15-25(24(26)14-18(23)5)27-20-8-12-22(13-9-20)29-17(3)4/h6-17,27H,26H2,1-5H3. The summed E-state index contributed by atoms with van der Waals surface area (Å²) in [4.78, 5) is 0. The van der Waals surface area contributed by atoms with Crippen LogP contribution in [0.15, 0.2) is 60.7 Å². The summed E-state index contributed by atoms with van der Waals surface area (Å²) in [6.07, 6.45) is 0.314. The molecule has 0 saturated carbocycles. The van der Waals surface area contributed by atoms with Crippen molar-refractivity contribution in [2.24, 2.45) is 0 Å². The molecule has 4 heteroatoms. The number of anilines is 3. The lowest BCUT2D eigenvalue weighted by Crippen LogP contribution is -2.05. The molecule has 0 heterocycles. The topological polar surface area (TPSA) is 56.5 Å². The molecule has 3 aromatic rings. The minimum atomic E-state index is 0.154. The first-order valence-corrected chi connectivity index (χ1v) is 10.0. The quantitative estimate of drug-likeness (QED) is 0.448. The molecule has 0 aliphatic heterocycles. The van der Waals surface area contributed by atoms with Gasteiger partial charge >= 0.3 is 0 Å². The normalized spacial score (nSPS) is 11.0. The largest absolute Gasteiger partial charge is 0.491 e. The van der Waals surface area contributed by atoms with Crippen LogP contribution in [0.3, 0.4) is 0 Å². The highest BCUT2D eigenvalue weighted by Crippen LogP contribution is 2.34. The van der Waals surface area contributed by atoms with E-state index in [1.54, 1.807) is 0 Å². The Morgan fingerprint density at radius 2 is 1.28 bits per heavy atom. The highest BCUT2D eigenvalue weighted by molar-refractivity contribution is 5.81. The van der Waals surface area contributed by atoms with Gasteiger partial charge in [-0.1, -0.05) is 12.1 Å². The van der Waals surface area contributed by atoms with Crippen LogP contribution in [-0.4, -0.2) is 12.2 Å². The Kier molecular flexibility index (Phi) is 6.32. The van der Waals surface area contributed by atoms with Crippen molar-refractivity contribution in [2.45, 2.75) is 46.8 Å². The van der Waals surface area contributed by atoms with Crippen molar-refractivity contribution in [3.8, 4) is 22.6 Å². The molecule has 0 aromatic heterocycles. The van der Waals surface area contributed by atoms with Crippen LogP contribution in [-0.2, 0) is 0 Å². The monoisotopic (exact) mass is 390 g/mol. The zero-order chi connectivity index (χ0) is 21.0. The van der Waals surface area contributed by atoms with E-state index < -0.39 is 0 Å². The predicted molar refractivity (Wildman–Crippen MR) is 122 cm³/mol. The molecule has 3 N–H and O–H groups in total. The van der Waals surface area contributed by atoms with E-state index >= 15 is 0 Å². The second-order valence-electron chi connectivity index (χ2n) is 7.76. The molecule has 0 spiro atoms. The van der Waals surface area contributed by atoms with Gasteiger partial charge in [-0.2, -0.15) is 0 Å². The van der Waals surface area contributed by atoms with Gasteiger partial charge in [0, 0.05) is 5.69 Å². The fraction of sp³-hybridized carbons (Fsp3) is 0.280. The molecule has 0 aliphatic carbocycles. The average molecular weight is 391 g/mol. The van der Waals surface area contributed by atoms with Gasteiger partial charge in [0.15, 0.2) is 0 Å². The maximum Gasteiger partial charge on any atom is 0.119 e. The van der Waals surface area contributed by atoms with Crippen molar-refractivity contribution in [2.75, 3.05) is 11.1 Å². The number of nitrogens with two attached hydrogens (primary N) is 1. The lowest BCUT2D eigenvalue weighted by atomic mass is 9.98. The van der Waals surface area contributed by atoms with Crippen LogP contribution >= 0.6 is 0 Å². The van der Waals surface area contributed by atoms with Crippen LogP contribution in [0.25, 0.3) is 11.1 Å². The summed E-state index contributed by atoms with van der Waals surface area (Å²) in [5.74, 6) is 1.73. The Morgan fingerprint density at radius 1 is 0.759 bits per heavy atom. The molecular weight excluding hydrogens is 360 g/mol. The summed E-state index contributed by atoms with van der Waals surface area (Å²) in [5.41, 5.74) is 12.2. The van der Waals surface area contributed by atoms with Crippen LogP contribution < -0.4 is 20.5 Å². The first kappa shape index (κ1) is 20.6. The van der Waals surface area contributed by atoms with Crippen LogP contribution in [0.1, 0.15) is 33.3 Å². The number of benzene rings is 3. The minimum absolute atomic E-state index is 0.154. The minimum Gasteiger partial charge on any atom is -0.491 e. The summed E-state index contributed by atoms with van der Waals surface area (Å²) in [6.45, 7) is 10.2. The molecule has 0 saturated heterocycles. The highest BCUT2D eigenvalue weighted by atomic mass is 16.5. The van der Waals surface area contributed by atoms with Gasteiger partial charge in [-0.15, -0.1) is 0 Å². The first-order chi connectivity index (χ1) is 13.8. The van der Waals surface area contributed by atoms with Crippen molar-refractivity contribution >= 4 is 17.1 Å². The van der Waals surface area contributed by atoms with Crippen LogP contribution in [0.4, 0.5) is 17.1 Å². The Labute approximate surface area is 173 Å². The Bertz CT molecular complexity index is 946. The van der Waals surface area contributed by atoms with Gasteiger partial charge < -0.3 is 20.5 Å². The second kappa shape index (κ2) is 8.91. The molecule has 0 aliphatic rings. The van der Waals surface area contributed by atoms with Crippen LogP contribution in [0.2, 0.25) is 0 Å². The number of ether oxygens (including phenoxy) is 2. The first-order valence-electron chi connectivity index (χ1n) is 10.0. The van der Waals surface area contributed by atoms with E-state index in [-0.39, 0.29) is 12.2 Å². The molecule has 0 fully saturated rings. The molecule has 0 atom stereocenters. The molecule has 3 aromatic carbocycles. The van der Waals surface area contributed by atoms with Crippen molar-refractivity contribution in [1.29, 1.82) is 0 Å². The van der Waals surface area contributed by atoms with Gasteiger partial charge in [0.1, 0.15) is 11.5 Å². The van der Waals surface area contributed by atoms with E-state index in [0.29, 0.717) is 5.69 Å². The van der Waals surface area contributed by atoms with Gasteiger partial charge in [0.05, 0.1) is 23.6 Å². The molecular formula is C25H30N2O2. The van der Waals surface area contributed by atoms with E-state index in [0.717, 1.165) is 39.6 Å². The average Bonchev–Trinajstić information content (AvgIpc) is 2.65. The number of aryl methyl sites for hydroxylation is 1. The lowest BCUT2D eigenvalue weighted by Gasteiger charge is -2.16. The number of hydrogen-bond acceptors (Lipinski definition) is 4. The van der Waals surface area contributed by atoms with Crippen molar-refractivity contribution in [3.63, 3.8) is 0 Å². The molecule has 152 valence electrons. The van der Waals surface area contributed by atoms with E-state index in [1.165, 1.54) is 0 Å². The number of nitrogen functional groups attached to an aromatic ring is 1. The van der Waals surface area contributed by atoms with Crippen molar-refractivity contribution in [1.82, 2.24) is 0 Å². The summed E-state index contributed by atoms with van der Waals surface area (Å²) in [7, 11) is 0. The van der Waals surface area contributed by atoms with E-state index in [4.69, 9.17) is 15.2 Å². The highest BCUT2D eigenvalue weighted by Gasteiger charge is 2.09. The molecule has 29 heavy (non-hydrogen) atoms. The van der Waals surface area contributed by atoms with Gasteiger partial charge in [-0.3, -0.25) is 0 Å². The number of nitrogens with one attached hydrogen (secondary N) is 1. The smallest absolute Gasteiger partial charge is 0.119 e. The molecule has 0 unspecified atom stereocenters. The zero-order valence-electron chi connectivity index (χ0n) is 17.8. The summed E-state index contributed by atoms with van der Waals surface area (Å²) < 4.78 is 11.5. The predicted octanol–water partition coefficient (Wildman–Crippen LogP) is 6.56. The maximum absolute atomic E-state index is 6.28. The third kappa shape index (κ3) is 5.44.